The minimum absolute atomic E-state index is 0.117. The molecule has 0 aliphatic heterocycles. The summed E-state index contributed by atoms with van der Waals surface area (Å²) < 4.78 is 0. The van der Waals surface area contributed by atoms with E-state index in [0.29, 0.717) is 12.6 Å². The van der Waals surface area contributed by atoms with E-state index in [1.54, 1.807) is 0 Å². The second-order valence-corrected chi connectivity index (χ2v) is 5.36. The Balaban J connectivity index is 2.33. The van der Waals surface area contributed by atoms with Gasteiger partial charge in [0.05, 0.1) is 0 Å². The van der Waals surface area contributed by atoms with Gasteiger partial charge in [-0.2, -0.15) is 0 Å². The highest BCUT2D eigenvalue weighted by Gasteiger charge is 2.28. The van der Waals surface area contributed by atoms with Crippen LogP contribution in [0.15, 0.2) is 0 Å². The van der Waals surface area contributed by atoms with E-state index in [9.17, 15) is 5.11 Å². The topological polar surface area (TPSA) is 32.3 Å². The van der Waals surface area contributed by atoms with E-state index in [1.165, 1.54) is 19.3 Å². The molecular formula is C13H27NO. The van der Waals surface area contributed by atoms with Crippen molar-refractivity contribution in [3.8, 4) is 0 Å². The summed E-state index contributed by atoms with van der Waals surface area (Å²) in [6.45, 7) is 7.99. The van der Waals surface area contributed by atoms with E-state index in [4.69, 9.17) is 0 Å². The van der Waals surface area contributed by atoms with Crippen molar-refractivity contribution in [1.29, 1.82) is 0 Å². The molecule has 1 aliphatic carbocycles. The molecule has 0 amide bonds. The Morgan fingerprint density at radius 2 is 1.93 bits per heavy atom. The van der Waals surface area contributed by atoms with Crippen molar-refractivity contribution in [2.45, 2.75) is 58.9 Å². The number of rotatable bonds is 6. The largest absolute Gasteiger partial charge is 0.396 e. The van der Waals surface area contributed by atoms with E-state index in [2.05, 4.69) is 26.1 Å². The summed E-state index contributed by atoms with van der Waals surface area (Å²) in [4.78, 5) is 0. The van der Waals surface area contributed by atoms with Gasteiger partial charge in [-0.15, -0.1) is 0 Å². The number of aliphatic hydroxyl groups excluding tert-OH is 1. The van der Waals surface area contributed by atoms with Crippen molar-refractivity contribution in [2.75, 3.05) is 13.2 Å². The van der Waals surface area contributed by atoms with Gasteiger partial charge in [-0.25, -0.2) is 0 Å². The Bertz CT molecular complexity index is 169. The van der Waals surface area contributed by atoms with Crippen LogP contribution in [0.1, 0.15) is 52.9 Å². The molecule has 1 fully saturated rings. The van der Waals surface area contributed by atoms with Crippen LogP contribution in [0.2, 0.25) is 0 Å². The van der Waals surface area contributed by atoms with Crippen LogP contribution in [0.3, 0.4) is 0 Å². The van der Waals surface area contributed by atoms with Gasteiger partial charge in [-0.3, -0.25) is 0 Å². The monoisotopic (exact) mass is 213 g/mol. The number of hydrogen-bond acceptors (Lipinski definition) is 2. The molecule has 2 heteroatoms. The first-order chi connectivity index (χ1) is 7.15. The lowest BCUT2D eigenvalue weighted by Gasteiger charge is -2.31. The summed E-state index contributed by atoms with van der Waals surface area (Å²) in [7, 11) is 0. The zero-order chi connectivity index (χ0) is 11.3. The van der Waals surface area contributed by atoms with Crippen LogP contribution in [-0.2, 0) is 0 Å². The molecule has 0 aromatic carbocycles. The molecule has 2 unspecified atom stereocenters. The molecule has 0 aromatic heterocycles. The minimum Gasteiger partial charge on any atom is -0.396 e. The predicted octanol–water partition coefficient (Wildman–Crippen LogP) is 2.56. The third-order valence-corrected chi connectivity index (χ3v) is 4.30. The van der Waals surface area contributed by atoms with Crippen LogP contribution in [0.4, 0.5) is 0 Å². The van der Waals surface area contributed by atoms with E-state index in [0.717, 1.165) is 25.3 Å². The molecule has 1 saturated carbocycles. The molecule has 0 radical (unpaired) electrons. The van der Waals surface area contributed by atoms with Crippen molar-refractivity contribution in [1.82, 2.24) is 5.32 Å². The second-order valence-electron chi connectivity index (χ2n) is 5.36. The molecule has 2 nitrogen and oxygen atoms in total. The lowest BCUT2D eigenvalue weighted by Crippen LogP contribution is -2.40. The molecule has 0 spiro atoms. The van der Waals surface area contributed by atoms with Crippen LogP contribution in [0, 0.1) is 11.3 Å². The van der Waals surface area contributed by atoms with Crippen molar-refractivity contribution in [3.05, 3.63) is 0 Å². The SMILES string of the molecule is CCC(CC)(CO)CNC1CCC(C)C1. The summed E-state index contributed by atoms with van der Waals surface area (Å²) in [6.07, 6.45) is 6.12. The normalized spacial score (nSPS) is 27.2. The van der Waals surface area contributed by atoms with Gasteiger partial charge < -0.3 is 10.4 Å². The number of hydrogen-bond donors (Lipinski definition) is 2. The number of nitrogens with one attached hydrogen (secondary N) is 1. The zero-order valence-corrected chi connectivity index (χ0v) is 10.6. The van der Waals surface area contributed by atoms with Gasteiger partial charge in [0.25, 0.3) is 0 Å². The highest BCUT2D eigenvalue weighted by Crippen LogP contribution is 2.28. The fourth-order valence-electron chi connectivity index (χ4n) is 2.53. The smallest absolute Gasteiger partial charge is 0.0499 e. The van der Waals surface area contributed by atoms with E-state index >= 15 is 0 Å². The maximum absolute atomic E-state index is 9.46. The summed E-state index contributed by atoms with van der Waals surface area (Å²) in [5.74, 6) is 0.884. The average Bonchev–Trinajstić information content (AvgIpc) is 2.67. The third-order valence-electron chi connectivity index (χ3n) is 4.30. The van der Waals surface area contributed by atoms with E-state index < -0.39 is 0 Å². The zero-order valence-electron chi connectivity index (χ0n) is 10.6. The predicted molar refractivity (Wildman–Crippen MR) is 64.9 cm³/mol. The summed E-state index contributed by atoms with van der Waals surface area (Å²) in [5.41, 5.74) is 0.117. The molecule has 0 heterocycles. The van der Waals surface area contributed by atoms with Crippen molar-refractivity contribution in [3.63, 3.8) is 0 Å². The molecule has 0 aromatic rings. The molecular weight excluding hydrogens is 186 g/mol. The quantitative estimate of drug-likeness (QED) is 0.711. The molecule has 15 heavy (non-hydrogen) atoms. The first-order valence-corrected chi connectivity index (χ1v) is 6.50. The summed E-state index contributed by atoms with van der Waals surface area (Å²) >= 11 is 0. The maximum atomic E-state index is 9.46. The van der Waals surface area contributed by atoms with Crippen LogP contribution < -0.4 is 5.32 Å². The lowest BCUT2D eigenvalue weighted by molar-refractivity contribution is 0.110. The highest BCUT2D eigenvalue weighted by atomic mass is 16.3. The van der Waals surface area contributed by atoms with Crippen LogP contribution in [0.5, 0.6) is 0 Å². The van der Waals surface area contributed by atoms with E-state index in [1.807, 2.05) is 0 Å². The number of aliphatic hydroxyl groups is 1. The van der Waals surface area contributed by atoms with Crippen LogP contribution in [0.25, 0.3) is 0 Å². The molecule has 2 N–H and O–H groups in total. The Labute approximate surface area is 94.5 Å². The van der Waals surface area contributed by atoms with Gasteiger partial charge in [0.2, 0.25) is 0 Å². The molecule has 0 bridgehead atoms. The van der Waals surface area contributed by atoms with Crippen LogP contribution in [-0.4, -0.2) is 24.3 Å². The summed E-state index contributed by atoms with van der Waals surface area (Å²) in [6, 6.07) is 0.698. The van der Waals surface area contributed by atoms with Crippen LogP contribution >= 0.6 is 0 Å². The van der Waals surface area contributed by atoms with Crippen molar-refractivity contribution in [2.24, 2.45) is 11.3 Å². The maximum Gasteiger partial charge on any atom is 0.0499 e. The Kier molecular flexibility index (Phi) is 5.07. The first kappa shape index (κ1) is 13.0. The fourth-order valence-corrected chi connectivity index (χ4v) is 2.53. The Morgan fingerprint density at radius 1 is 1.27 bits per heavy atom. The standard InChI is InChI=1S/C13H27NO/c1-4-13(5-2,10-15)9-14-12-7-6-11(3)8-12/h11-12,14-15H,4-10H2,1-3H3. The van der Waals surface area contributed by atoms with Crippen molar-refractivity contribution >= 4 is 0 Å². The lowest BCUT2D eigenvalue weighted by atomic mass is 9.83. The van der Waals surface area contributed by atoms with E-state index in [-0.39, 0.29) is 5.41 Å². The second kappa shape index (κ2) is 5.86. The van der Waals surface area contributed by atoms with Crippen molar-refractivity contribution < 1.29 is 5.11 Å². The molecule has 0 saturated heterocycles. The van der Waals surface area contributed by atoms with Gasteiger partial charge in [0, 0.05) is 24.6 Å². The highest BCUT2D eigenvalue weighted by molar-refractivity contribution is 4.84. The molecule has 2 atom stereocenters. The van der Waals surface area contributed by atoms with Gasteiger partial charge >= 0.3 is 0 Å². The summed E-state index contributed by atoms with van der Waals surface area (Å²) in [5, 5.41) is 13.1. The Hall–Kier alpha value is -0.0800. The van der Waals surface area contributed by atoms with Gasteiger partial charge in [-0.1, -0.05) is 20.8 Å². The Morgan fingerprint density at radius 3 is 2.33 bits per heavy atom. The first-order valence-electron chi connectivity index (χ1n) is 6.50. The molecule has 1 aliphatic rings. The fraction of sp³-hybridized carbons (Fsp3) is 1.00. The van der Waals surface area contributed by atoms with Gasteiger partial charge in [-0.05, 0) is 38.0 Å². The molecule has 90 valence electrons. The van der Waals surface area contributed by atoms with Gasteiger partial charge in [0.1, 0.15) is 0 Å². The average molecular weight is 213 g/mol. The van der Waals surface area contributed by atoms with Gasteiger partial charge in [0.15, 0.2) is 0 Å². The minimum atomic E-state index is 0.117. The molecule has 1 rings (SSSR count). The third kappa shape index (κ3) is 3.46.